The van der Waals surface area contributed by atoms with Crippen molar-refractivity contribution in [3.05, 3.63) is 77.9 Å². The minimum absolute atomic E-state index is 0.107. The number of halogens is 1. The van der Waals surface area contributed by atoms with Crippen LogP contribution < -0.4 is 9.47 Å². The molecule has 114 valence electrons. The number of carbonyl (C=O) groups is 1. The first-order chi connectivity index (χ1) is 11.2. The number of nitrogens with zero attached hydrogens (tertiary/aromatic N) is 1. The first kappa shape index (κ1) is 13.6. The second kappa shape index (κ2) is 5.28. The van der Waals surface area contributed by atoms with E-state index in [-0.39, 0.29) is 18.4 Å². The molecule has 0 fully saturated rings. The van der Waals surface area contributed by atoms with Crippen LogP contribution in [0.5, 0.6) is 11.5 Å². The molecule has 0 radical (unpaired) electrons. The second-order valence-corrected chi connectivity index (χ2v) is 5.18. The predicted molar refractivity (Wildman–Crippen MR) is 81.7 cm³/mol. The monoisotopic (exact) mass is 309 g/mol. The van der Waals surface area contributed by atoms with Crippen LogP contribution in [0.4, 0.5) is 4.39 Å². The molecular formula is C18H12FNO3. The van der Waals surface area contributed by atoms with Gasteiger partial charge in [-0.15, -0.1) is 0 Å². The highest BCUT2D eigenvalue weighted by Gasteiger charge is 2.17. The Kier molecular flexibility index (Phi) is 3.12. The van der Waals surface area contributed by atoms with Crippen molar-refractivity contribution in [1.29, 1.82) is 0 Å². The fourth-order valence-electron chi connectivity index (χ4n) is 2.51. The molecular weight excluding hydrogens is 297 g/mol. The van der Waals surface area contributed by atoms with Crippen LogP contribution in [-0.2, 0) is 0 Å². The van der Waals surface area contributed by atoms with Gasteiger partial charge < -0.3 is 14.0 Å². The first-order valence-electron chi connectivity index (χ1n) is 7.09. The number of fused-ring (bicyclic) bond motifs is 1. The summed E-state index contributed by atoms with van der Waals surface area (Å²) in [4.78, 5) is 12.6. The summed E-state index contributed by atoms with van der Waals surface area (Å²) in [5.41, 5.74) is 1.87. The number of ether oxygens (including phenoxy) is 2. The van der Waals surface area contributed by atoms with Crippen LogP contribution in [0.1, 0.15) is 15.9 Å². The van der Waals surface area contributed by atoms with Gasteiger partial charge in [0.05, 0.1) is 0 Å². The first-order valence-corrected chi connectivity index (χ1v) is 7.09. The summed E-state index contributed by atoms with van der Waals surface area (Å²) in [5, 5.41) is 0. The average molecular weight is 309 g/mol. The standard InChI is InChI=1S/C18H12FNO3/c19-14-2-4-15(5-3-14)20-8-7-13(10-20)18(21)12-1-6-16-17(9-12)23-11-22-16/h1-10H,11H2. The molecule has 4 rings (SSSR count). The highest BCUT2D eigenvalue weighted by atomic mass is 19.1. The lowest BCUT2D eigenvalue weighted by atomic mass is 10.1. The molecule has 0 saturated heterocycles. The van der Waals surface area contributed by atoms with Crippen LogP contribution in [0, 0.1) is 5.82 Å². The third kappa shape index (κ3) is 2.46. The van der Waals surface area contributed by atoms with Gasteiger partial charge in [-0.1, -0.05) is 0 Å². The van der Waals surface area contributed by atoms with Crippen molar-refractivity contribution < 1.29 is 18.7 Å². The molecule has 0 N–H and O–H groups in total. The van der Waals surface area contributed by atoms with Crippen molar-refractivity contribution in [2.75, 3.05) is 6.79 Å². The Balaban J connectivity index is 1.63. The Morgan fingerprint density at radius 2 is 1.74 bits per heavy atom. The summed E-state index contributed by atoms with van der Waals surface area (Å²) in [5.74, 6) is 0.820. The zero-order chi connectivity index (χ0) is 15.8. The molecule has 2 heterocycles. The molecule has 0 bridgehead atoms. The van der Waals surface area contributed by atoms with Crippen molar-refractivity contribution in [1.82, 2.24) is 4.57 Å². The van der Waals surface area contributed by atoms with Gasteiger partial charge in [0.2, 0.25) is 6.79 Å². The van der Waals surface area contributed by atoms with Gasteiger partial charge in [0, 0.05) is 29.2 Å². The third-order valence-corrected chi connectivity index (χ3v) is 3.71. The lowest BCUT2D eigenvalue weighted by molar-refractivity contribution is 0.103. The van der Waals surface area contributed by atoms with Gasteiger partial charge in [-0.2, -0.15) is 0 Å². The number of aromatic nitrogens is 1. The molecule has 2 aromatic carbocycles. The largest absolute Gasteiger partial charge is 0.454 e. The van der Waals surface area contributed by atoms with E-state index in [0.717, 1.165) is 5.69 Å². The van der Waals surface area contributed by atoms with E-state index < -0.39 is 0 Å². The maximum atomic E-state index is 13.0. The van der Waals surface area contributed by atoms with Gasteiger partial charge in [-0.05, 0) is 48.5 Å². The van der Waals surface area contributed by atoms with E-state index in [9.17, 15) is 9.18 Å². The van der Waals surface area contributed by atoms with E-state index in [0.29, 0.717) is 22.6 Å². The van der Waals surface area contributed by atoms with Crippen molar-refractivity contribution in [3.8, 4) is 17.2 Å². The summed E-state index contributed by atoms with van der Waals surface area (Å²) < 4.78 is 25.3. The van der Waals surface area contributed by atoms with E-state index in [4.69, 9.17) is 9.47 Å². The van der Waals surface area contributed by atoms with E-state index in [1.54, 1.807) is 53.4 Å². The van der Waals surface area contributed by atoms with Gasteiger partial charge in [0.1, 0.15) is 5.82 Å². The molecule has 3 aromatic rings. The van der Waals surface area contributed by atoms with Gasteiger partial charge in [0.15, 0.2) is 17.3 Å². The molecule has 0 unspecified atom stereocenters. The van der Waals surface area contributed by atoms with Crippen molar-refractivity contribution in [2.45, 2.75) is 0 Å². The van der Waals surface area contributed by atoms with Gasteiger partial charge >= 0.3 is 0 Å². The molecule has 1 aromatic heterocycles. The molecule has 0 amide bonds. The molecule has 0 atom stereocenters. The van der Waals surface area contributed by atoms with E-state index in [1.165, 1.54) is 12.1 Å². The highest BCUT2D eigenvalue weighted by Crippen LogP contribution is 2.33. The molecule has 23 heavy (non-hydrogen) atoms. The zero-order valence-corrected chi connectivity index (χ0v) is 12.0. The van der Waals surface area contributed by atoms with E-state index in [1.807, 2.05) is 0 Å². The second-order valence-electron chi connectivity index (χ2n) is 5.18. The molecule has 0 spiro atoms. The predicted octanol–water partition coefficient (Wildman–Crippen LogP) is 3.58. The summed E-state index contributed by atoms with van der Waals surface area (Å²) in [7, 11) is 0. The molecule has 5 heteroatoms. The Labute approximate surface area is 131 Å². The number of benzene rings is 2. The van der Waals surface area contributed by atoms with Crippen LogP contribution in [0.25, 0.3) is 5.69 Å². The number of carbonyl (C=O) groups excluding carboxylic acids is 1. The smallest absolute Gasteiger partial charge is 0.231 e. The molecule has 1 aliphatic heterocycles. The normalized spacial score (nSPS) is 12.4. The Bertz CT molecular complexity index is 884. The quantitative estimate of drug-likeness (QED) is 0.694. The van der Waals surface area contributed by atoms with Crippen molar-refractivity contribution >= 4 is 5.78 Å². The summed E-state index contributed by atoms with van der Waals surface area (Å²) in [6, 6.07) is 12.9. The van der Waals surface area contributed by atoms with Gasteiger partial charge in [-0.25, -0.2) is 4.39 Å². The highest BCUT2D eigenvalue weighted by molar-refractivity contribution is 6.09. The lowest BCUT2D eigenvalue weighted by Crippen LogP contribution is -2.00. The minimum atomic E-state index is -0.294. The zero-order valence-electron chi connectivity index (χ0n) is 12.0. The fourth-order valence-corrected chi connectivity index (χ4v) is 2.51. The van der Waals surface area contributed by atoms with Gasteiger partial charge in [-0.3, -0.25) is 4.79 Å². The lowest BCUT2D eigenvalue weighted by Gasteiger charge is -2.03. The van der Waals surface area contributed by atoms with Gasteiger partial charge in [0.25, 0.3) is 0 Å². The van der Waals surface area contributed by atoms with Crippen LogP contribution in [0.15, 0.2) is 60.9 Å². The minimum Gasteiger partial charge on any atom is -0.454 e. The number of ketones is 1. The van der Waals surface area contributed by atoms with Crippen LogP contribution in [-0.4, -0.2) is 17.1 Å². The van der Waals surface area contributed by atoms with E-state index >= 15 is 0 Å². The summed E-state index contributed by atoms with van der Waals surface area (Å²) >= 11 is 0. The van der Waals surface area contributed by atoms with Crippen LogP contribution >= 0.6 is 0 Å². The van der Waals surface area contributed by atoms with Crippen LogP contribution in [0.3, 0.4) is 0 Å². The summed E-state index contributed by atoms with van der Waals surface area (Å²) in [6.07, 6.45) is 3.49. The topological polar surface area (TPSA) is 40.5 Å². The third-order valence-electron chi connectivity index (χ3n) is 3.71. The van der Waals surface area contributed by atoms with E-state index in [2.05, 4.69) is 0 Å². The van der Waals surface area contributed by atoms with Crippen molar-refractivity contribution in [2.24, 2.45) is 0 Å². The number of rotatable bonds is 3. The number of hydrogen-bond acceptors (Lipinski definition) is 3. The fraction of sp³-hybridized carbons (Fsp3) is 0.0556. The Morgan fingerprint density at radius 1 is 0.957 bits per heavy atom. The maximum Gasteiger partial charge on any atom is 0.231 e. The van der Waals surface area contributed by atoms with Crippen molar-refractivity contribution in [3.63, 3.8) is 0 Å². The average Bonchev–Trinajstić information content (AvgIpc) is 3.23. The maximum absolute atomic E-state index is 13.0. The number of hydrogen-bond donors (Lipinski definition) is 0. The SMILES string of the molecule is O=C(c1ccc2c(c1)OCO2)c1ccn(-c2ccc(F)cc2)c1. The molecule has 4 nitrogen and oxygen atoms in total. The molecule has 0 aliphatic carbocycles. The Morgan fingerprint density at radius 3 is 2.57 bits per heavy atom. The Hall–Kier alpha value is -3.08. The van der Waals surface area contributed by atoms with Crippen LogP contribution in [0.2, 0.25) is 0 Å². The molecule has 1 aliphatic rings. The summed E-state index contributed by atoms with van der Waals surface area (Å²) in [6.45, 7) is 0.175. The molecule has 0 saturated carbocycles.